The van der Waals surface area contributed by atoms with Gasteiger partial charge in [0.2, 0.25) is 0 Å². The number of aromatic nitrogens is 2. The number of aryl methyl sites for hydroxylation is 1. The lowest BCUT2D eigenvalue weighted by Crippen LogP contribution is -2.24. The first-order valence-corrected chi connectivity index (χ1v) is 7.33. The molecule has 1 aromatic rings. The summed E-state index contributed by atoms with van der Waals surface area (Å²) in [6.45, 7) is 0. The Bertz CT molecular complexity index is 319. The van der Waals surface area contributed by atoms with Crippen LogP contribution in [0.3, 0.4) is 0 Å². The Morgan fingerprint density at radius 3 is 3.00 bits per heavy atom. The molecule has 1 aromatic heterocycles. The van der Waals surface area contributed by atoms with Crippen molar-refractivity contribution in [3.63, 3.8) is 0 Å². The van der Waals surface area contributed by atoms with Crippen molar-refractivity contribution in [3.05, 3.63) is 16.9 Å². The molecule has 1 N–H and O–H groups in total. The van der Waals surface area contributed by atoms with Gasteiger partial charge in [0.25, 0.3) is 0 Å². The molecular weight excluding hydrogens is 252 g/mol. The van der Waals surface area contributed by atoms with Crippen molar-refractivity contribution in [1.82, 2.24) is 9.78 Å². The number of aliphatic hydroxyl groups excluding tert-OH is 1. The number of aliphatic hydroxyl groups is 1. The number of hydrogen-bond donors (Lipinski definition) is 1. The van der Waals surface area contributed by atoms with Gasteiger partial charge in [-0.3, -0.25) is 4.68 Å². The molecule has 2 heterocycles. The quantitative estimate of drug-likeness (QED) is 0.886. The fraction of sp³-hybridized carbons (Fsp3) is 0.667. The van der Waals surface area contributed by atoms with Gasteiger partial charge >= 0.3 is 0 Å². The van der Waals surface area contributed by atoms with Gasteiger partial charge in [0.15, 0.2) is 0 Å². The van der Waals surface area contributed by atoms with Crippen LogP contribution in [0.1, 0.15) is 11.8 Å². The molecule has 84 valence electrons. The predicted octanol–water partition coefficient (Wildman–Crippen LogP) is 1.96. The summed E-state index contributed by atoms with van der Waals surface area (Å²) in [4.78, 5) is 0. The van der Waals surface area contributed by atoms with Crippen molar-refractivity contribution in [2.75, 3.05) is 17.3 Å². The molecule has 1 saturated heterocycles. The molecule has 0 bridgehead atoms. The predicted molar refractivity (Wildman–Crippen MR) is 66.7 cm³/mol. The maximum Gasteiger partial charge on any atom is 0.110 e. The van der Waals surface area contributed by atoms with E-state index in [1.807, 2.05) is 30.6 Å². The molecule has 6 heteroatoms. The SMILES string of the molecule is Cn1ncc(Cl)c1C(O)C1CSCCS1. The van der Waals surface area contributed by atoms with E-state index in [4.69, 9.17) is 11.6 Å². The van der Waals surface area contributed by atoms with Crippen LogP contribution in [-0.2, 0) is 7.05 Å². The van der Waals surface area contributed by atoms with E-state index in [2.05, 4.69) is 5.10 Å². The average molecular weight is 265 g/mol. The average Bonchev–Trinajstić information content (AvgIpc) is 2.59. The zero-order chi connectivity index (χ0) is 10.8. The summed E-state index contributed by atoms with van der Waals surface area (Å²) < 4.78 is 1.66. The summed E-state index contributed by atoms with van der Waals surface area (Å²) >= 11 is 9.70. The first-order chi connectivity index (χ1) is 7.20. The summed E-state index contributed by atoms with van der Waals surface area (Å²) in [6, 6.07) is 0. The number of hydrogen-bond acceptors (Lipinski definition) is 4. The van der Waals surface area contributed by atoms with E-state index in [0.29, 0.717) is 5.02 Å². The van der Waals surface area contributed by atoms with Gasteiger partial charge in [0.05, 0.1) is 16.9 Å². The second-order valence-corrected chi connectivity index (χ2v) is 6.33. The Kier molecular flexibility index (Phi) is 3.88. The lowest BCUT2D eigenvalue weighted by molar-refractivity contribution is 0.171. The highest BCUT2D eigenvalue weighted by molar-refractivity contribution is 8.06. The largest absolute Gasteiger partial charge is 0.386 e. The van der Waals surface area contributed by atoms with Crippen molar-refractivity contribution in [2.24, 2.45) is 7.05 Å². The zero-order valence-corrected chi connectivity index (χ0v) is 10.8. The second-order valence-electron chi connectivity index (χ2n) is 3.43. The summed E-state index contributed by atoms with van der Waals surface area (Å²) in [5.74, 6) is 3.25. The van der Waals surface area contributed by atoms with Crippen molar-refractivity contribution >= 4 is 35.1 Å². The van der Waals surface area contributed by atoms with E-state index in [-0.39, 0.29) is 5.25 Å². The minimum absolute atomic E-state index is 0.233. The highest BCUT2D eigenvalue weighted by Gasteiger charge is 2.27. The van der Waals surface area contributed by atoms with Crippen molar-refractivity contribution in [2.45, 2.75) is 11.4 Å². The van der Waals surface area contributed by atoms with Crippen LogP contribution in [0.5, 0.6) is 0 Å². The zero-order valence-electron chi connectivity index (χ0n) is 8.39. The molecule has 2 unspecified atom stereocenters. The van der Waals surface area contributed by atoms with Crippen molar-refractivity contribution in [3.8, 4) is 0 Å². The fourth-order valence-corrected chi connectivity index (χ4v) is 4.62. The van der Waals surface area contributed by atoms with Gasteiger partial charge in [-0.1, -0.05) is 11.6 Å². The minimum atomic E-state index is -0.511. The molecule has 0 amide bonds. The molecule has 15 heavy (non-hydrogen) atoms. The van der Waals surface area contributed by atoms with Gasteiger partial charge in [0.1, 0.15) is 6.10 Å². The Balaban J connectivity index is 2.15. The van der Waals surface area contributed by atoms with E-state index in [9.17, 15) is 5.11 Å². The smallest absolute Gasteiger partial charge is 0.110 e. The summed E-state index contributed by atoms with van der Waals surface area (Å²) in [6.07, 6.45) is 1.07. The van der Waals surface area contributed by atoms with Crippen LogP contribution in [0.2, 0.25) is 5.02 Å². The van der Waals surface area contributed by atoms with E-state index in [1.54, 1.807) is 10.9 Å². The van der Waals surface area contributed by atoms with Crippen LogP contribution in [0.25, 0.3) is 0 Å². The molecule has 2 atom stereocenters. The molecule has 1 aliphatic rings. The Hall–Kier alpha value is 0.160. The standard InChI is InChI=1S/C9H13ClN2OS2/c1-12-8(6(10)4-11-12)9(13)7-5-14-2-3-15-7/h4,7,9,13H,2-3,5H2,1H3. The number of nitrogens with zero attached hydrogens (tertiary/aromatic N) is 2. The number of thioether (sulfide) groups is 2. The van der Waals surface area contributed by atoms with E-state index in [0.717, 1.165) is 17.2 Å². The van der Waals surface area contributed by atoms with Crippen LogP contribution >= 0.6 is 35.1 Å². The third-order valence-electron chi connectivity index (χ3n) is 2.41. The minimum Gasteiger partial charge on any atom is -0.386 e. The lowest BCUT2D eigenvalue weighted by Gasteiger charge is -2.26. The molecule has 0 saturated carbocycles. The van der Waals surface area contributed by atoms with Gasteiger partial charge in [-0.15, -0.1) is 0 Å². The normalized spacial score (nSPS) is 24.1. The van der Waals surface area contributed by atoms with Crippen LogP contribution < -0.4 is 0 Å². The third-order valence-corrected chi connectivity index (χ3v) is 5.55. The van der Waals surface area contributed by atoms with Gasteiger partial charge in [-0.2, -0.15) is 28.6 Å². The molecule has 1 aliphatic heterocycles. The fourth-order valence-electron chi connectivity index (χ4n) is 1.62. The number of halogens is 1. The van der Waals surface area contributed by atoms with Crippen molar-refractivity contribution in [1.29, 1.82) is 0 Å². The first-order valence-electron chi connectivity index (χ1n) is 4.75. The third kappa shape index (κ3) is 2.46. The molecule has 0 radical (unpaired) electrons. The lowest BCUT2D eigenvalue weighted by atomic mass is 10.2. The Labute approximate surface area is 103 Å². The van der Waals surface area contributed by atoms with Crippen LogP contribution in [0.15, 0.2) is 6.20 Å². The summed E-state index contributed by atoms with van der Waals surface area (Å²) in [7, 11) is 1.81. The van der Waals surface area contributed by atoms with E-state index >= 15 is 0 Å². The molecule has 3 nitrogen and oxygen atoms in total. The summed E-state index contributed by atoms with van der Waals surface area (Å²) in [5, 5.41) is 15.0. The van der Waals surface area contributed by atoms with E-state index < -0.39 is 6.10 Å². The maximum absolute atomic E-state index is 10.2. The van der Waals surface area contributed by atoms with Crippen LogP contribution in [0.4, 0.5) is 0 Å². The van der Waals surface area contributed by atoms with Gasteiger partial charge in [-0.25, -0.2) is 0 Å². The highest BCUT2D eigenvalue weighted by atomic mass is 35.5. The Morgan fingerprint density at radius 1 is 1.67 bits per heavy atom. The van der Waals surface area contributed by atoms with E-state index in [1.165, 1.54) is 5.75 Å². The first kappa shape index (κ1) is 11.6. The highest BCUT2D eigenvalue weighted by Crippen LogP contribution is 2.35. The monoisotopic (exact) mass is 264 g/mol. The molecule has 2 rings (SSSR count). The molecule has 0 aliphatic carbocycles. The molecule has 1 fully saturated rings. The topological polar surface area (TPSA) is 38.0 Å². The van der Waals surface area contributed by atoms with Gasteiger partial charge in [0, 0.05) is 29.6 Å². The Morgan fingerprint density at radius 2 is 2.47 bits per heavy atom. The van der Waals surface area contributed by atoms with Gasteiger partial charge < -0.3 is 5.11 Å². The van der Waals surface area contributed by atoms with Crippen molar-refractivity contribution < 1.29 is 5.11 Å². The van der Waals surface area contributed by atoms with Crippen LogP contribution in [0, 0.1) is 0 Å². The molecular formula is C9H13ClN2OS2. The summed E-state index contributed by atoms with van der Waals surface area (Å²) in [5.41, 5.74) is 0.733. The number of rotatable bonds is 2. The maximum atomic E-state index is 10.2. The van der Waals surface area contributed by atoms with Gasteiger partial charge in [-0.05, 0) is 0 Å². The van der Waals surface area contributed by atoms with Crippen LogP contribution in [-0.4, -0.2) is 37.4 Å². The second kappa shape index (κ2) is 4.99. The molecule has 0 aromatic carbocycles. The molecule has 0 spiro atoms.